The fourth-order valence-corrected chi connectivity index (χ4v) is 5.13. The van der Waals surface area contributed by atoms with Crippen molar-refractivity contribution >= 4 is 53.3 Å². The van der Waals surface area contributed by atoms with Crippen LogP contribution in [0.25, 0.3) is 10.1 Å². The zero-order valence-corrected chi connectivity index (χ0v) is 13.9. The Hall–Kier alpha value is 0.1000. The Morgan fingerprint density at radius 1 is 1.39 bits per heavy atom. The Kier molecular flexibility index (Phi) is 4.09. The molecule has 1 aliphatic heterocycles. The maximum atomic E-state index is 5.60. The Balaban J connectivity index is 1.96. The number of thiophene rings is 1. The molecule has 1 nitrogen and oxygen atoms in total. The van der Waals surface area contributed by atoms with Crippen LogP contribution >= 0.6 is 43.2 Å². The van der Waals surface area contributed by atoms with Crippen LogP contribution in [-0.4, -0.2) is 13.2 Å². The summed E-state index contributed by atoms with van der Waals surface area (Å²) in [6.45, 7) is 1.80. The highest BCUT2D eigenvalue weighted by Gasteiger charge is 2.25. The molecule has 0 radical (unpaired) electrons. The minimum atomic E-state index is 0.404. The largest absolute Gasteiger partial charge is 0.381 e. The smallest absolute Gasteiger partial charge is 0.0508 e. The molecular weight excluding hydrogens is 376 g/mol. The fraction of sp³-hybridized carbons (Fsp3) is 0.429. The predicted molar refractivity (Wildman–Crippen MR) is 84.7 cm³/mol. The molecule has 0 spiro atoms. The lowest BCUT2D eigenvalue weighted by atomic mass is 9.94. The lowest BCUT2D eigenvalue weighted by Gasteiger charge is -2.26. The molecule has 1 fully saturated rings. The van der Waals surface area contributed by atoms with E-state index in [1.54, 1.807) is 0 Å². The molecule has 0 saturated carbocycles. The van der Waals surface area contributed by atoms with E-state index < -0.39 is 0 Å². The van der Waals surface area contributed by atoms with Crippen LogP contribution in [0.3, 0.4) is 0 Å². The van der Waals surface area contributed by atoms with E-state index in [0.717, 1.165) is 13.2 Å². The van der Waals surface area contributed by atoms with Gasteiger partial charge in [0.05, 0.1) is 6.61 Å². The first-order chi connectivity index (χ1) is 8.77. The molecule has 0 N–H and O–H groups in total. The molecule has 0 aliphatic carbocycles. The van der Waals surface area contributed by atoms with E-state index in [1.807, 2.05) is 11.3 Å². The van der Waals surface area contributed by atoms with Gasteiger partial charge in [0.2, 0.25) is 0 Å². The van der Waals surface area contributed by atoms with Gasteiger partial charge in [0.1, 0.15) is 0 Å². The van der Waals surface area contributed by atoms with Gasteiger partial charge in [-0.05, 0) is 57.1 Å². The molecule has 96 valence electrons. The Labute approximate surface area is 128 Å². The van der Waals surface area contributed by atoms with Gasteiger partial charge >= 0.3 is 0 Å². The first-order valence-electron chi connectivity index (χ1n) is 6.15. The quantitative estimate of drug-likeness (QED) is 0.613. The number of fused-ring (bicyclic) bond motifs is 1. The number of hydrogen-bond donors (Lipinski definition) is 0. The summed E-state index contributed by atoms with van der Waals surface area (Å²) in [4.78, 5) is 0.404. The summed E-state index contributed by atoms with van der Waals surface area (Å²) in [5.74, 6) is 0.593. The molecule has 1 saturated heterocycles. The molecule has 2 unspecified atom stereocenters. The van der Waals surface area contributed by atoms with E-state index in [9.17, 15) is 0 Å². The second kappa shape index (κ2) is 5.61. The number of ether oxygens (including phenoxy) is 1. The lowest BCUT2D eigenvalue weighted by Crippen LogP contribution is -2.20. The van der Waals surface area contributed by atoms with Crippen LogP contribution in [0.2, 0.25) is 0 Å². The molecule has 1 aliphatic rings. The van der Waals surface area contributed by atoms with Crippen LogP contribution in [-0.2, 0) is 4.74 Å². The van der Waals surface area contributed by atoms with E-state index in [-0.39, 0.29) is 0 Å². The molecule has 2 atom stereocenters. The third-order valence-corrected chi connectivity index (χ3v) is 6.70. The Morgan fingerprint density at radius 2 is 2.28 bits per heavy atom. The molecule has 3 rings (SSSR count). The van der Waals surface area contributed by atoms with Gasteiger partial charge in [-0.3, -0.25) is 0 Å². The van der Waals surface area contributed by atoms with Gasteiger partial charge in [0.15, 0.2) is 0 Å². The summed E-state index contributed by atoms with van der Waals surface area (Å²) in [6, 6.07) is 6.43. The molecular formula is C14H14Br2OS. The van der Waals surface area contributed by atoms with Crippen molar-refractivity contribution in [3.05, 3.63) is 33.6 Å². The van der Waals surface area contributed by atoms with Gasteiger partial charge in [-0.25, -0.2) is 0 Å². The molecule has 1 aromatic heterocycles. The van der Waals surface area contributed by atoms with Crippen LogP contribution in [0.4, 0.5) is 0 Å². The van der Waals surface area contributed by atoms with Crippen molar-refractivity contribution in [3.63, 3.8) is 0 Å². The van der Waals surface area contributed by atoms with Crippen molar-refractivity contribution in [2.75, 3.05) is 13.2 Å². The van der Waals surface area contributed by atoms with Gasteiger partial charge in [-0.2, -0.15) is 0 Å². The summed E-state index contributed by atoms with van der Waals surface area (Å²) in [6.07, 6.45) is 2.43. The van der Waals surface area contributed by atoms with Gasteiger partial charge in [-0.15, -0.1) is 11.3 Å². The molecule has 1 aromatic carbocycles. The van der Waals surface area contributed by atoms with Gasteiger partial charge < -0.3 is 4.74 Å². The van der Waals surface area contributed by atoms with E-state index >= 15 is 0 Å². The molecule has 2 heterocycles. The van der Waals surface area contributed by atoms with Crippen molar-refractivity contribution in [3.8, 4) is 0 Å². The van der Waals surface area contributed by atoms with Crippen LogP contribution in [0.15, 0.2) is 28.1 Å². The van der Waals surface area contributed by atoms with Gasteiger partial charge in [0.25, 0.3) is 0 Å². The second-order valence-electron chi connectivity index (χ2n) is 4.69. The predicted octanol–water partition coefficient (Wildman–Crippen LogP) is 5.53. The highest BCUT2D eigenvalue weighted by atomic mass is 79.9. The first kappa shape index (κ1) is 13.1. The van der Waals surface area contributed by atoms with Crippen molar-refractivity contribution in [2.24, 2.45) is 5.92 Å². The Morgan fingerprint density at radius 3 is 3.06 bits per heavy atom. The van der Waals surface area contributed by atoms with Crippen LogP contribution < -0.4 is 0 Å². The number of rotatable bonds is 2. The zero-order valence-electron chi connectivity index (χ0n) is 9.86. The van der Waals surface area contributed by atoms with Crippen LogP contribution in [0.1, 0.15) is 23.2 Å². The second-order valence-corrected chi connectivity index (χ2v) is 7.41. The standard InChI is InChI=1S/C14H14Br2OS/c15-12-5-1-4-10-11(8-18-14(10)12)13(16)9-3-2-6-17-7-9/h1,4-5,8-9,13H,2-3,6-7H2. The topological polar surface area (TPSA) is 9.23 Å². The summed E-state index contributed by atoms with van der Waals surface area (Å²) in [5.41, 5.74) is 1.41. The third-order valence-electron chi connectivity index (χ3n) is 3.49. The molecule has 0 bridgehead atoms. The number of hydrogen-bond acceptors (Lipinski definition) is 2. The third kappa shape index (κ3) is 2.40. The van der Waals surface area contributed by atoms with Crippen LogP contribution in [0.5, 0.6) is 0 Å². The number of benzene rings is 1. The Bertz CT molecular complexity index is 546. The summed E-state index contributed by atoms with van der Waals surface area (Å²) >= 11 is 9.32. The summed E-state index contributed by atoms with van der Waals surface area (Å²) in [7, 11) is 0. The number of halogens is 2. The number of alkyl halides is 1. The summed E-state index contributed by atoms with van der Waals surface area (Å²) in [5, 5.41) is 3.64. The van der Waals surface area contributed by atoms with Gasteiger partial charge in [0, 0.05) is 20.6 Å². The summed E-state index contributed by atoms with van der Waals surface area (Å²) < 4.78 is 8.13. The highest BCUT2D eigenvalue weighted by Crippen LogP contribution is 2.43. The average Bonchev–Trinajstić information content (AvgIpc) is 2.84. The van der Waals surface area contributed by atoms with E-state index in [2.05, 4.69) is 55.4 Å². The van der Waals surface area contributed by atoms with Crippen molar-refractivity contribution < 1.29 is 4.74 Å². The van der Waals surface area contributed by atoms with Gasteiger partial charge in [-0.1, -0.05) is 28.1 Å². The molecule has 0 amide bonds. The normalized spacial score (nSPS) is 22.2. The first-order valence-corrected chi connectivity index (χ1v) is 8.73. The minimum absolute atomic E-state index is 0.404. The van der Waals surface area contributed by atoms with Crippen LogP contribution in [0, 0.1) is 5.92 Å². The van der Waals surface area contributed by atoms with E-state index in [4.69, 9.17) is 4.74 Å². The zero-order chi connectivity index (χ0) is 12.5. The van der Waals surface area contributed by atoms with Crippen molar-refractivity contribution in [2.45, 2.75) is 17.7 Å². The monoisotopic (exact) mass is 388 g/mol. The molecule has 4 heteroatoms. The highest BCUT2D eigenvalue weighted by molar-refractivity contribution is 9.10. The fourth-order valence-electron chi connectivity index (χ4n) is 2.51. The molecule has 2 aromatic rings. The maximum Gasteiger partial charge on any atom is 0.0508 e. The van der Waals surface area contributed by atoms with Crippen molar-refractivity contribution in [1.82, 2.24) is 0 Å². The lowest BCUT2D eigenvalue weighted by molar-refractivity contribution is 0.0547. The van der Waals surface area contributed by atoms with E-state index in [0.29, 0.717) is 10.7 Å². The average molecular weight is 390 g/mol. The molecule has 18 heavy (non-hydrogen) atoms. The SMILES string of the molecule is Brc1cccc2c(C(Br)C3CCCOC3)csc12. The minimum Gasteiger partial charge on any atom is -0.381 e. The maximum absolute atomic E-state index is 5.60. The van der Waals surface area contributed by atoms with Crippen molar-refractivity contribution in [1.29, 1.82) is 0 Å². The van der Waals surface area contributed by atoms with E-state index in [1.165, 1.54) is 33.0 Å².